The summed E-state index contributed by atoms with van der Waals surface area (Å²) in [6.45, 7) is 0. The van der Waals surface area contributed by atoms with Gasteiger partial charge in [0.2, 0.25) is 0 Å². The number of halogens is 4. The zero-order valence-corrected chi connectivity index (χ0v) is 17.3. The van der Waals surface area contributed by atoms with Gasteiger partial charge in [-0.05, 0) is 30.3 Å². The highest BCUT2D eigenvalue weighted by Gasteiger charge is 2.33. The number of carbonyl (C=O) groups excluding carboxylic acids is 1. The number of benzene rings is 3. The van der Waals surface area contributed by atoms with Crippen LogP contribution in [0.3, 0.4) is 0 Å². The average molecular weight is 460 g/mol. The number of nitrogens with zero attached hydrogens (tertiary/aromatic N) is 1. The minimum Gasteiger partial charge on any atom is -0.422 e. The Morgan fingerprint density at radius 3 is 2.42 bits per heavy atom. The van der Waals surface area contributed by atoms with Gasteiger partial charge >= 0.3 is 12.1 Å². The summed E-state index contributed by atoms with van der Waals surface area (Å²) in [6.07, 6.45) is -3.29. The first-order valence-electron chi connectivity index (χ1n) is 9.03. The molecule has 0 atom stereocenters. The van der Waals surface area contributed by atoms with Gasteiger partial charge in [-0.2, -0.15) is 13.2 Å². The Labute approximate surface area is 184 Å². The smallest absolute Gasteiger partial charge is 0.418 e. The molecule has 0 spiro atoms. The quantitative estimate of drug-likeness (QED) is 0.179. The molecule has 4 rings (SSSR count). The van der Waals surface area contributed by atoms with Crippen LogP contribution < -0.4 is 4.74 Å². The Kier molecular flexibility index (Phi) is 5.80. The van der Waals surface area contributed by atoms with Gasteiger partial charge in [-0.1, -0.05) is 54.1 Å². The van der Waals surface area contributed by atoms with E-state index in [4.69, 9.17) is 16.3 Å². The van der Waals surface area contributed by atoms with Crippen molar-refractivity contribution in [2.24, 2.45) is 4.99 Å². The van der Waals surface area contributed by atoms with Crippen LogP contribution in [0.15, 0.2) is 77.8 Å². The van der Waals surface area contributed by atoms with Crippen LogP contribution in [-0.4, -0.2) is 12.2 Å². The molecular weight excluding hydrogens is 447 g/mol. The van der Waals surface area contributed by atoms with Gasteiger partial charge in [0.05, 0.1) is 16.3 Å². The molecule has 156 valence electrons. The molecule has 0 aliphatic carbocycles. The van der Waals surface area contributed by atoms with Crippen molar-refractivity contribution in [3.05, 3.63) is 93.8 Å². The molecule has 0 saturated heterocycles. The zero-order valence-electron chi connectivity index (χ0n) is 15.7. The first-order valence-corrected chi connectivity index (χ1v) is 10.2. The molecule has 31 heavy (non-hydrogen) atoms. The van der Waals surface area contributed by atoms with E-state index in [-0.39, 0.29) is 16.3 Å². The van der Waals surface area contributed by atoms with Crippen LogP contribution >= 0.6 is 22.9 Å². The lowest BCUT2D eigenvalue weighted by Gasteiger charge is -2.09. The molecule has 0 aliphatic heterocycles. The number of esters is 1. The second-order valence-electron chi connectivity index (χ2n) is 6.44. The molecular formula is C23H13ClF3NO2S. The van der Waals surface area contributed by atoms with Crippen LogP contribution in [-0.2, 0) is 6.18 Å². The number of aliphatic imine (C=N–C) groups is 1. The third-order valence-electron chi connectivity index (χ3n) is 4.39. The number of hydrogen-bond acceptors (Lipinski definition) is 4. The van der Waals surface area contributed by atoms with Crippen molar-refractivity contribution in [1.29, 1.82) is 0 Å². The summed E-state index contributed by atoms with van der Waals surface area (Å²) in [5.41, 5.74) is -0.730. The van der Waals surface area contributed by atoms with Crippen molar-refractivity contribution in [2.45, 2.75) is 6.18 Å². The summed E-state index contributed by atoms with van der Waals surface area (Å²) in [4.78, 5) is 17.0. The second kappa shape index (κ2) is 8.53. The maximum absolute atomic E-state index is 13.2. The third kappa shape index (κ3) is 4.47. The molecule has 8 heteroatoms. The van der Waals surface area contributed by atoms with Crippen molar-refractivity contribution in [1.82, 2.24) is 0 Å². The summed E-state index contributed by atoms with van der Waals surface area (Å²) in [7, 11) is 0. The average Bonchev–Trinajstić information content (AvgIpc) is 3.09. The van der Waals surface area contributed by atoms with Gasteiger partial charge in [0.25, 0.3) is 0 Å². The first kappa shape index (κ1) is 21.1. The Morgan fingerprint density at radius 2 is 1.65 bits per heavy atom. The molecule has 0 N–H and O–H groups in total. The highest BCUT2D eigenvalue weighted by Crippen LogP contribution is 2.37. The van der Waals surface area contributed by atoms with Crippen molar-refractivity contribution in [3.63, 3.8) is 0 Å². The second-order valence-corrected chi connectivity index (χ2v) is 7.87. The SMILES string of the molecule is O=C(Oc1ccccc1C=Nc1ccccc1C(F)(F)F)c1sc2ccccc2c1Cl. The summed E-state index contributed by atoms with van der Waals surface area (Å²) >= 11 is 7.54. The number of alkyl halides is 3. The van der Waals surface area contributed by atoms with Crippen LogP contribution in [0.2, 0.25) is 5.02 Å². The van der Waals surface area contributed by atoms with Crippen LogP contribution in [0.25, 0.3) is 10.1 Å². The fraction of sp³-hybridized carbons (Fsp3) is 0.0435. The Hall–Kier alpha value is -3.16. The van der Waals surface area contributed by atoms with Crippen molar-refractivity contribution in [2.75, 3.05) is 0 Å². The largest absolute Gasteiger partial charge is 0.422 e. The van der Waals surface area contributed by atoms with Gasteiger partial charge in [-0.3, -0.25) is 4.99 Å². The van der Waals surface area contributed by atoms with Crippen molar-refractivity contribution < 1.29 is 22.7 Å². The van der Waals surface area contributed by atoms with E-state index in [1.807, 2.05) is 24.3 Å². The molecule has 0 radical (unpaired) electrons. The molecule has 0 unspecified atom stereocenters. The Balaban J connectivity index is 1.63. The van der Waals surface area contributed by atoms with Crippen molar-refractivity contribution >= 4 is 50.9 Å². The molecule has 4 aromatic rings. The summed E-state index contributed by atoms with van der Waals surface area (Å²) < 4.78 is 45.9. The van der Waals surface area contributed by atoms with E-state index in [1.165, 1.54) is 41.8 Å². The molecule has 0 fully saturated rings. The number of para-hydroxylation sites is 2. The van der Waals surface area contributed by atoms with E-state index in [2.05, 4.69) is 4.99 Å². The summed E-state index contributed by atoms with van der Waals surface area (Å²) in [6, 6.07) is 18.8. The maximum atomic E-state index is 13.2. The molecule has 3 nitrogen and oxygen atoms in total. The van der Waals surface area contributed by atoms with Gasteiger partial charge in [0.1, 0.15) is 10.6 Å². The van der Waals surface area contributed by atoms with Gasteiger partial charge in [0.15, 0.2) is 0 Å². The summed E-state index contributed by atoms with van der Waals surface area (Å²) in [5.74, 6) is -0.489. The lowest BCUT2D eigenvalue weighted by molar-refractivity contribution is -0.137. The van der Waals surface area contributed by atoms with Crippen LogP contribution in [0.4, 0.5) is 18.9 Å². The molecule has 1 heterocycles. The van der Waals surface area contributed by atoms with E-state index < -0.39 is 17.7 Å². The Morgan fingerprint density at radius 1 is 0.968 bits per heavy atom. The zero-order chi connectivity index (χ0) is 22.0. The van der Waals surface area contributed by atoms with Gasteiger partial charge in [0, 0.05) is 21.9 Å². The molecule has 0 saturated carbocycles. The normalized spacial score (nSPS) is 11.9. The van der Waals surface area contributed by atoms with Crippen LogP contribution in [0.1, 0.15) is 20.8 Å². The summed E-state index contributed by atoms with van der Waals surface area (Å²) in [5, 5.41) is 1.05. The van der Waals surface area contributed by atoms with E-state index in [9.17, 15) is 18.0 Å². The lowest BCUT2D eigenvalue weighted by atomic mass is 10.1. The molecule has 3 aromatic carbocycles. The number of ether oxygens (including phenoxy) is 1. The first-order chi connectivity index (χ1) is 14.8. The maximum Gasteiger partial charge on any atom is 0.418 e. The Bertz CT molecular complexity index is 1300. The minimum atomic E-state index is -4.53. The third-order valence-corrected chi connectivity index (χ3v) is 6.05. The van der Waals surface area contributed by atoms with E-state index in [0.29, 0.717) is 10.6 Å². The number of hydrogen-bond donors (Lipinski definition) is 0. The van der Waals surface area contributed by atoms with Gasteiger partial charge in [-0.15, -0.1) is 11.3 Å². The molecule has 0 aliphatic rings. The number of fused-ring (bicyclic) bond motifs is 1. The monoisotopic (exact) mass is 459 g/mol. The molecule has 0 amide bonds. The minimum absolute atomic E-state index is 0.161. The van der Waals surface area contributed by atoms with Crippen molar-refractivity contribution in [3.8, 4) is 5.75 Å². The van der Waals surface area contributed by atoms with E-state index in [0.717, 1.165) is 16.2 Å². The van der Waals surface area contributed by atoms with Crippen LogP contribution in [0, 0.1) is 0 Å². The fourth-order valence-electron chi connectivity index (χ4n) is 2.94. The predicted octanol–water partition coefficient (Wildman–Crippen LogP) is 7.54. The molecule has 1 aromatic heterocycles. The van der Waals surface area contributed by atoms with Crippen LogP contribution in [0.5, 0.6) is 5.75 Å². The molecule has 0 bridgehead atoms. The number of carbonyl (C=O) groups is 1. The standard InChI is InChI=1S/C23H13ClF3NO2S/c24-20-15-8-2-6-12-19(15)31-21(20)22(29)30-18-11-5-1-7-14(18)13-28-17-10-4-3-9-16(17)23(25,26)27/h1-13H. The number of thiophene rings is 1. The highest BCUT2D eigenvalue weighted by molar-refractivity contribution is 7.21. The van der Waals surface area contributed by atoms with E-state index in [1.54, 1.807) is 18.2 Å². The van der Waals surface area contributed by atoms with Gasteiger partial charge in [-0.25, -0.2) is 4.79 Å². The fourth-order valence-corrected chi connectivity index (χ4v) is 4.32. The van der Waals surface area contributed by atoms with Gasteiger partial charge < -0.3 is 4.74 Å². The predicted molar refractivity (Wildman–Crippen MR) is 117 cm³/mol. The lowest BCUT2D eigenvalue weighted by Crippen LogP contribution is -2.08. The van der Waals surface area contributed by atoms with E-state index >= 15 is 0 Å². The number of rotatable bonds is 4. The highest BCUT2D eigenvalue weighted by atomic mass is 35.5. The topological polar surface area (TPSA) is 38.7 Å².